The Kier molecular flexibility index (Phi) is 19.2. The lowest BCUT2D eigenvalue weighted by Gasteiger charge is -2.23. The highest BCUT2D eigenvalue weighted by Gasteiger charge is 2.32. The number of phenols is 2. The van der Waals surface area contributed by atoms with Gasteiger partial charge in [-0.3, -0.25) is 18.2 Å². The Morgan fingerprint density at radius 1 is 0.560 bits per heavy atom. The largest absolute Gasteiger partial charge is 0.505 e. The van der Waals surface area contributed by atoms with Crippen LogP contribution in [0.5, 0.6) is 23.0 Å². The van der Waals surface area contributed by atoms with Crippen molar-refractivity contribution in [1.82, 2.24) is 15.0 Å². The highest BCUT2D eigenvalue weighted by Crippen LogP contribution is 2.57. The summed E-state index contributed by atoms with van der Waals surface area (Å²) in [5, 5.41) is 46.8. The van der Waals surface area contributed by atoms with Gasteiger partial charge in [-0.15, -0.1) is 30.7 Å². The van der Waals surface area contributed by atoms with Gasteiger partial charge in [-0.25, -0.2) is 12.6 Å². The maximum Gasteiger partial charge on any atom is 0.397 e. The zero-order valence-electron chi connectivity index (χ0n) is 45.5. The molecule has 0 aliphatic heterocycles. The molecule has 0 bridgehead atoms. The van der Waals surface area contributed by atoms with Crippen molar-refractivity contribution < 1.29 is 111 Å². The van der Waals surface area contributed by atoms with Gasteiger partial charge in [-0.2, -0.15) is 48.6 Å². The van der Waals surface area contributed by atoms with Gasteiger partial charge in [0, 0.05) is 35.9 Å². The van der Waals surface area contributed by atoms with Crippen LogP contribution in [0.1, 0.15) is 0 Å². The van der Waals surface area contributed by atoms with Crippen LogP contribution in [0, 0.1) is 0 Å². The van der Waals surface area contributed by atoms with Gasteiger partial charge < -0.3 is 63.0 Å². The third-order valence-electron chi connectivity index (χ3n) is 12.3. The van der Waals surface area contributed by atoms with Crippen LogP contribution in [-0.2, 0) is 54.8 Å². The number of halogens is 1. The average Bonchev–Trinajstić information content (AvgIpc) is 0.763. The third-order valence-corrected chi connectivity index (χ3v) is 19.1. The molecule has 8 aromatic rings. The molecule has 0 saturated heterocycles. The predicted octanol–water partition coefficient (Wildman–Crippen LogP) is 10.1. The van der Waals surface area contributed by atoms with Gasteiger partial charge in [-0.1, -0.05) is 0 Å². The van der Waals surface area contributed by atoms with Gasteiger partial charge in [0.05, 0.1) is 52.3 Å². The highest BCUT2D eigenvalue weighted by molar-refractivity contribution is 8.19. The molecule has 0 atom stereocenters. The van der Waals surface area contributed by atoms with Crippen molar-refractivity contribution in [3.05, 3.63) is 96.3 Å². The van der Waals surface area contributed by atoms with E-state index in [9.17, 15) is 93.3 Å². The van der Waals surface area contributed by atoms with Crippen LogP contribution in [0.4, 0.5) is 63.1 Å². The molecule has 7 aromatic carbocycles. The highest BCUT2D eigenvalue weighted by atomic mass is 35.5. The second-order valence-corrected chi connectivity index (χ2v) is 28.8. The molecule has 0 aliphatic rings. The number of methoxy groups -OCH3 is 2. The first-order chi connectivity index (χ1) is 42.1. The van der Waals surface area contributed by atoms with Gasteiger partial charge in [0.1, 0.15) is 82.1 Å². The minimum absolute atomic E-state index is 0.000369. The zero-order valence-corrected chi connectivity index (χ0v) is 52.0. The summed E-state index contributed by atoms with van der Waals surface area (Å²) in [6.45, 7) is -0.992. The third kappa shape index (κ3) is 15.6. The molecular formula is C46H43ClN12O25S7. The Morgan fingerprint density at radius 3 is 1.73 bits per heavy atom. The number of nitrogens with two attached hydrogens (primary N) is 1. The summed E-state index contributed by atoms with van der Waals surface area (Å²) in [7, 11) is -31.1. The molecule has 0 radical (unpaired) electrons. The number of nitrogens with zero attached hydrogens (tertiary/aromatic N) is 10. The Morgan fingerprint density at radius 2 is 1.13 bits per heavy atom. The van der Waals surface area contributed by atoms with E-state index in [0.29, 0.717) is 12.1 Å². The molecule has 45 heteroatoms. The number of phenolic OH excluding ortho intramolecular Hbond substituents is 2. The van der Waals surface area contributed by atoms with E-state index in [1.165, 1.54) is 43.3 Å². The van der Waals surface area contributed by atoms with E-state index in [4.69, 9.17) is 31.4 Å². The fourth-order valence-electron chi connectivity index (χ4n) is 8.17. The van der Waals surface area contributed by atoms with Crippen LogP contribution in [-0.4, -0.2) is 146 Å². The van der Waals surface area contributed by atoms with Crippen LogP contribution in [0.25, 0.3) is 21.5 Å². The number of aromatic nitrogens is 3. The average molecular weight is 1420 g/mol. The van der Waals surface area contributed by atoms with E-state index < -0.39 is 176 Å². The molecular weight excluding hydrogens is 1380 g/mol. The Hall–Kier alpha value is -8.23. The molecule has 1 heterocycles. The number of sulfone groups is 1. The fourth-order valence-corrected chi connectivity index (χ4v) is 13.1. The van der Waals surface area contributed by atoms with Crippen molar-refractivity contribution in [1.29, 1.82) is 0 Å². The first-order valence-electron chi connectivity index (χ1n) is 24.0. The molecule has 0 amide bonds. The van der Waals surface area contributed by atoms with Crippen molar-refractivity contribution in [3.8, 4) is 23.0 Å². The first-order valence-corrected chi connectivity index (χ1v) is 34.7. The summed E-state index contributed by atoms with van der Waals surface area (Å²) in [6, 6.07) is 15.0. The van der Waals surface area contributed by atoms with Crippen LogP contribution < -0.4 is 25.4 Å². The number of aromatic hydroxyl groups is 2. The molecule has 0 unspecified atom stereocenters. The summed E-state index contributed by atoms with van der Waals surface area (Å²) in [4.78, 5) is 8.40. The van der Waals surface area contributed by atoms with Crippen LogP contribution in [0.15, 0.2) is 151 Å². The maximum atomic E-state index is 12.9. The predicted molar refractivity (Wildman–Crippen MR) is 323 cm³/mol. The van der Waals surface area contributed by atoms with E-state index in [-0.39, 0.29) is 51.2 Å². The quantitative estimate of drug-likeness (QED) is 0.0170. The number of rotatable bonds is 22. The first kappa shape index (κ1) is 68.7. The van der Waals surface area contributed by atoms with E-state index in [0.717, 1.165) is 61.7 Å². The zero-order chi connectivity index (χ0) is 67.3. The molecule has 8 rings (SSSR count). The lowest BCUT2D eigenvalue weighted by Crippen LogP contribution is -2.15. The molecule has 1 aromatic heterocycles. The number of anilines is 5. The van der Waals surface area contributed by atoms with Crippen molar-refractivity contribution in [2.24, 2.45) is 30.7 Å². The van der Waals surface area contributed by atoms with Crippen molar-refractivity contribution in [2.45, 2.75) is 29.4 Å². The number of hydrogen-bond acceptors (Lipinski definition) is 33. The van der Waals surface area contributed by atoms with Gasteiger partial charge >= 0.3 is 10.4 Å². The number of fused-ring (bicyclic) bond motifs is 2. The molecule has 0 spiro atoms. The second kappa shape index (κ2) is 25.5. The summed E-state index contributed by atoms with van der Waals surface area (Å²) >= 11 is 6.32. The van der Waals surface area contributed by atoms with E-state index in [1.54, 1.807) is 0 Å². The second-order valence-electron chi connectivity index (χ2n) is 18.2. The van der Waals surface area contributed by atoms with E-state index >= 15 is 0 Å². The van der Waals surface area contributed by atoms with Crippen molar-refractivity contribution in [3.63, 3.8) is 0 Å². The fraction of sp³-hybridized carbons (Fsp3) is 0.109. The van der Waals surface area contributed by atoms with E-state index in [2.05, 4.69) is 55.1 Å². The van der Waals surface area contributed by atoms with Crippen molar-refractivity contribution >= 4 is 169 Å². The summed E-state index contributed by atoms with van der Waals surface area (Å²) in [5.74, 6) is -3.99. The summed E-state index contributed by atoms with van der Waals surface area (Å²) < 4.78 is 239. The number of nitrogens with one attached hydrogen (secondary N) is 1. The molecule has 0 aliphatic carbocycles. The molecule has 91 heavy (non-hydrogen) atoms. The van der Waals surface area contributed by atoms with Gasteiger partial charge in [-0.05, 0) is 101 Å². The maximum absolute atomic E-state index is 12.9. The van der Waals surface area contributed by atoms with Gasteiger partial charge in [0.15, 0.2) is 21.3 Å². The van der Waals surface area contributed by atoms with E-state index in [1.807, 2.05) is 0 Å². The van der Waals surface area contributed by atoms with Crippen LogP contribution in [0.2, 0.25) is 5.28 Å². The summed E-state index contributed by atoms with van der Waals surface area (Å²) in [6.07, 6.45) is 0. The standard InChI is InChI=1S/C46H43ClN12O25S7/c1-59(24-5-8-27-21(14-24)15-35(89(73,74)75)40(42(27)60)57-54-29-9-6-25(82-2)19-33(29)87(67,68)69)46-51-44(47)50-45(52-46)49-23-4-11-32(86(64,65)66)30(18-23)55-58-41-36(90(76,77)78)17-22-16-34(88(70,71)72)39(38(48)37(22)43(41)61)56-53-28-10-7-26(20-31(28)83-3)85(62,63)13-12-84-91(79,80)81/h4-11,14-20,60-61,73-78H,12-13,48H2,1-3H3,(H,64,65,66)(H,67,68,69)(H,70,71,72)(H,79,80,81)(H,49,50,51,52). The number of benzene rings is 7. The molecule has 37 nitrogen and oxygen atoms in total. The van der Waals surface area contributed by atoms with Crippen molar-refractivity contribution in [2.75, 3.05) is 49.6 Å². The lowest BCUT2D eigenvalue weighted by atomic mass is 10.1. The van der Waals surface area contributed by atoms with Crippen LogP contribution in [0.3, 0.4) is 0 Å². The van der Waals surface area contributed by atoms with Crippen LogP contribution >= 0.6 is 33.3 Å². The molecule has 0 saturated carbocycles. The SMILES string of the molecule is COc1ccc(N=Nc2c(S(O)(O)O)cc3cc(N(C)c4nc(Cl)nc(Nc5ccc(S(=O)(=O)O)c(N=Nc6c(S(O)(O)O)cc7cc(S(=O)(=O)O)c(N=Nc8ccc(S(=O)(=O)CCOS(=O)(=O)O)cc8OC)c(N)c7c6O)c5)n4)ccc3c2O)c(S(=O)(=O)O)c1. The Balaban J connectivity index is 1.14. The lowest BCUT2D eigenvalue weighted by molar-refractivity contribution is 0.283. The smallest absolute Gasteiger partial charge is 0.397 e. The number of nitrogen functional groups attached to an aromatic ring is 1. The van der Waals surface area contributed by atoms with Gasteiger partial charge in [0.25, 0.3) is 30.4 Å². The number of hydrogen-bond donors (Lipinski definition) is 14. The topological polar surface area (TPSA) is 595 Å². The molecule has 15 N–H and O–H groups in total. The normalized spacial score (nSPS) is 13.4. The molecule has 0 fully saturated rings. The Labute approximate surface area is 520 Å². The van der Waals surface area contributed by atoms with Gasteiger partial charge in [0.2, 0.25) is 17.2 Å². The molecule has 486 valence electrons. The minimum atomic E-state index is -5.41. The number of azo groups is 3. The Bertz CT molecular complexity index is 5000. The monoisotopic (exact) mass is 1420 g/mol. The summed E-state index contributed by atoms with van der Waals surface area (Å²) in [5.41, 5.74) is 1.09. The minimum Gasteiger partial charge on any atom is -0.505 e. The number of ether oxygens (including phenoxy) is 2.